The van der Waals surface area contributed by atoms with E-state index >= 15 is 0 Å². The van der Waals surface area contributed by atoms with Crippen LogP contribution in [0.3, 0.4) is 0 Å². The van der Waals surface area contributed by atoms with Crippen LogP contribution in [0.5, 0.6) is 11.5 Å². The molecule has 2 aliphatic rings. The van der Waals surface area contributed by atoms with Crippen molar-refractivity contribution in [1.29, 1.82) is 0 Å². The SMILES string of the molecule is COc1ccc(CCNC(=O)COC(=O)[C@H](C)N2C(=O)C3CCCCC3C2=O)cc1OC. The summed E-state index contributed by atoms with van der Waals surface area (Å²) in [4.78, 5) is 50.7. The van der Waals surface area contributed by atoms with Crippen LogP contribution in [0.25, 0.3) is 0 Å². The van der Waals surface area contributed by atoms with E-state index in [1.54, 1.807) is 20.3 Å². The summed E-state index contributed by atoms with van der Waals surface area (Å²) < 4.78 is 15.5. The van der Waals surface area contributed by atoms with Crippen LogP contribution in [0.2, 0.25) is 0 Å². The second-order valence-corrected chi connectivity index (χ2v) is 8.12. The summed E-state index contributed by atoms with van der Waals surface area (Å²) in [6.45, 7) is 1.33. The van der Waals surface area contributed by atoms with Crippen molar-refractivity contribution < 1.29 is 33.4 Å². The topological polar surface area (TPSA) is 111 Å². The Morgan fingerprint density at radius 3 is 2.28 bits per heavy atom. The third-order valence-electron chi connectivity index (χ3n) is 6.13. The first kappa shape index (κ1) is 23.6. The molecule has 1 heterocycles. The highest BCUT2D eigenvalue weighted by Gasteiger charge is 2.51. The highest BCUT2D eigenvalue weighted by atomic mass is 16.5. The van der Waals surface area contributed by atoms with Crippen LogP contribution in [-0.4, -0.2) is 62.0 Å². The van der Waals surface area contributed by atoms with Crippen LogP contribution in [0.15, 0.2) is 18.2 Å². The zero-order valence-corrected chi connectivity index (χ0v) is 18.7. The Kier molecular flexibility index (Phi) is 7.71. The number of fused-ring (bicyclic) bond motifs is 1. The largest absolute Gasteiger partial charge is 0.493 e. The molecule has 9 heteroatoms. The molecule has 3 atom stereocenters. The van der Waals surface area contributed by atoms with Gasteiger partial charge in [0.05, 0.1) is 26.1 Å². The van der Waals surface area contributed by atoms with E-state index in [1.807, 2.05) is 12.1 Å². The number of rotatable bonds is 9. The van der Waals surface area contributed by atoms with Crippen molar-refractivity contribution in [2.45, 2.75) is 45.1 Å². The minimum Gasteiger partial charge on any atom is -0.493 e. The van der Waals surface area contributed by atoms with Gasteiger partial charge in [0.1, 0.15) is 6.04 Å². The number of amides is 3. The summed E-state index contributed by atoms with van der Waals surface area (Å²) in [5, 5.41) is 2.68. The molecule has 3 amide bonds. The van der Waals surface area contributed by atoms with Crippen molar-refractivity contribution in [2.24, 2.45) is 11.8 Å². The molecule has 0 spiro atoms. The second kappa shape index (κ2) is 10.5. The smallest absolute Gasteiger partial charge is 0.329 e. The number of nitrogens with zero attached hydrogens (tertiary/aromatic N) is 1. The number of carbonyl (C=O) groups excluding carboxylic acids is 4. The molecule has 0 radical (unpaired) electrons. The highest BCUT2D eigenvalue weighted by molar-refractivity contribution is 6.07. The molecule has 1 aromatic rings. The summed E-state index contributed by atoms with van der Waals surface area (Å²) in [6.07, 6.45) is 3.73. The first-order valence-corrected chi connectivity index (χ1v) is 10.9. The van der Waals surface area contributed by atoms with Crippen LogP contribution in [0.4, 0.5) is 0 Å². The van der Waals surface area contributed by atoms with Crippen LogP contribution < -0.4 is 14.8 Å². The van der Waals surface area contributed by atoms with Gasteiger partial charge in [-0.05, 0) is 43.9 Å². The molecular formula is C23H30N2O7. The lowest BCUT2D eigenvalue weighted by Crippen LogP contribution is -2.45. The molecule has 1 aromatic carbocycles. The van der Waals surface area contributed by atoms with Crippen molar-refractivity contribution in [3.63, 3.8) is 0 Å². The Morgan fingerprint density at radius 2 is 1.69 bits per heavy atom. The van der Waals surface area contributed by atoms with Gasteiger partial charge in [0.15, 0.2) is 18.1 Å². The number of nitrogens with one attached hydrogen (secondary N) is 1. The number of likely N-dealkylation sites (tertiary alicyclic amines) is 1. The summed E-state index contributed by atoms with van der Waals surface area (Å²) in [5.41, 5.74) is 0.945. The van der Waals surface area contributed by atoms with E-state index in [0.29, 0.717) is 37.3 Å². The Bertz CT molecular complexity index is 861. The number of hydrogen-bond acceptors (Lipinski definition) is 7. The van der Waals surface area contributed by atoms with E-state index in [2.05, 4.69) is 5.32 Å². The molecule has 1 aliphatic heterocycles. The summed E-state index contributed by atoms with van der Waals surface area (Å²) >= 11 is 0. The molecule has 2 unspecified atom stereocenters. The third kappa shape index (κ3) is 5.03. The summed E-state index contributed by atoms with van der Waals surface area (Å²) in [7, 11) is 3.11. The van der Waals surface area contributed by atoms with Crippen LogP contribution in [0.1, 0.15) is 38.2 Å². The van der Waals surface area contributed by atoms with Crippen molar-refractivity contribution in [3.05, 3.63) is 23.8 Å². The summed E-state index contributed by atoms with van der Waals surface area (Å²) in [6, 6.07) is 4.45. The molecule has 0 bridgehead atoms. The van der Waals surface area contributed by atoms with Crippen molar-refractivity contribution >= 4 is 23.7 Å². The maximum atomic E-state index is 12.6. The van der Waals surface area contributed by atoms with Gasteiger partial charge in [-0.1, -0.05) is 18.9 Å². The van der Waals surface area contributed by atoms with Gasteiger partial charge in [-0.2, -0.15) is 0 Å². The van der Waals surface area contributed by atoms with Crippen molar-refractivity contribution in [2.75, 3.05) is 27.4 Å². The first-order valence-electron chi connectivity index (χ1n) is 10.9. The van der Waals surface area contributed by atoms with E-state index in [0.717, 1.165) is 23.3 Å². The van der Waals surface area contributed by atoms with E-state index in [1.165, 1.54) is 6.92 Å². The molecule has 32 heavy (non-hydrogen) atoms. The lowest BCUT2D eigenvalue weighted by molar-refractivity contribution is -0.159. The van der Waals surface area contributed by atoms with Gasteiger partial charge in [-0.15, -0.1) is 0 Å². The second-order valence-electron chi connectivity index (χ2n) is 8.12. The molecule has 0 aromatic heterocycles. The molecular weight excluding hydrogens is 416 g/mol. The fourth-order valence-corrected chi connectivity index (χ4v) is 4.37. The molecule has 174 valence electrons. The first-order chi connectivity index (χ1) is 15.4. The summed E-state index contributed by atoms with van der Waals surface area (Å²) in [5.74, 6) is -1.26. The molecule has 3 rings (SSSR count). The quantitative estimate of drug-likeness (QED) is 0.452. The predicted molar refractivity (Wildman–Crippen MR) is 114 cm³/mol. The zero-order valence-electron chi connectivity index (χ0n) is 18.7. The molecule has 2 fully saturated rings. The van der Waals surface area contributed by atoms with E-state index in [4.69, 9.17) is 14.2 Å². The van der Waals surface area contributed by atoms with Gasteiger partial charge < -0.3 is 19.5 Å². The number of carbonyl (C=O) groups is 4. The molecule has 1 N–H and O–H groups in total. The van der Waals surface area contributed by atoms with Gasteiger partial charge in [0.25, 0.3) is 5.91 Å². The highest BCUT2D eigenvalue weighted by Crippen LogP contribution is 2.38. The fourth-order valence-electron chi connectivity index (χ4n) is 4.37. The van der Waals surface area contributed by atoms with Crippen LogP contribution >= 0.6 is 0 Å². The average molecular weight is 447 g/mol. The van der Waals surface area contributed by atoms with E-state index < -0.39 is 24.5 Å². The molecule has 1 saturated carbocycles. The van der Waals surface area contributed by atoms with Crippen molar-refractivity contribution in [1.82, 2.24) is 10.2 Å². The fraction of sp³-hybridized carbons (Fsp3) is 0.565. The minimum atomic E-state index is -1.04. The number of benzene rings is 1. The zero-order chi connectivity index (χ0) is 23.3. The van der Waals surface area contributed by atoms with Gasteiger partial charge in [0.2, 0.25) is 11.8 Å². The Morgan fingerprint density at radius 1 is 1.06 bits per heavy atom. The average Bonchev–Trinajstić information content (AvgIpc) is 3.06. The monoisotopic (exact) mass is 446 g/mol. The molecule has 9 nitrogen and oxygen atoms in total. The Labute approximate surface area is 187 Å². The van der Waals surface area contributed by atoms with Crippen LogP contribution in [-0.2, 0) is 30.3 Å². The number of ether oxygens (including phenoxy) is 3. The third-order valence-corrected chi connectivity index (χ3v) is 6.13. The van der Waals surface area contributed by atoms with Gasteiger partial charge in [-0.3, -0.25) is 19.3 Å². The number of hydrogen-bond donors (Lipinski definition) is 1. The minimum absolute atomic E-state index is 0.302. The number of methoxy groups -OCH3 is 2. The number of esters is 1. The Balaban J connectivity index is 1.44. The molecule has 1 saturated heterocycles. The van der Waals surface area contributed by atoms with Gasteiger partial charge >= 0.3 is 5.97 Å². The standard InChI is InChI=1S/C23H30N2O7/c1-14(25-21(27)16-6-4-5-7-17(16)22(25)28)23(29)32-13-20(26)24-11-10-15-8-9-18(30-2)19(12-15)31-3/h8-9,12,14,16-17H,4-7,10-11,13H2,1-3H3,(H,24,26)/t14-,16?,17?/m0/s1. The maximum absolute atomic E-state index is 12.6. The van der Waals surface area contributed by atoms with Gasteiger partial charge in [0, 0.05) is 6.54 Å². The van der Waals surface area contributed by atoms with E-state index in [-0.39, 0.29) is 23.7 Å². The normalized spacial score (nSPS) is 21.0. The maximum Gasteiger partial charge on any atom is 0.329 e. The van der Waals surface area contributed by atoms with E-state index in [9.17, 15) is 19.2 Å². The van der Waals surface area contributed by atoms with Crippen molar-refractivity contribution in [3.8, 4) is 11.5 Å². The molecule has 1 aliphatic carbocycles. The lowest BCUT2D eigenvalue weighted by Gasteiger charge is -2.21. The van der Waals surface area contributed by atoms with Crippen LogP contribution in [0, 0.1) is 11.8 Å². The lowest BCUT2D eigenvalue weighted by atomic mass is 9.81. The Hall–Kier alpha value is -3.10. The number of imide groups is 1. The van der Waals surface area contributed by atoms with Gasteiger partial charge in [-0.25, -0.2) is 4.79 Å². The predicted octanol–water partition coefficient (Wildman–Crippen LogP) is 1.47.